The van der Waals surface area contributed by atoms with E-state index in [0.29, 0.717) is 24.6 Å². The molecule has 1 heterocycles. The van der Waals surface area contributed by atoms with Crippen LogP contribution in [0.1, 0.15) is 36.4 Å². The fourth-order valence-electron chi connectivity index (χ4n) is 3.89. The van der Waals surface area contributed by atoms with Crippen molar-refractivity contribution < 1.29 is 27.0 Å². The van der Waals surface area contributed by atoms with Gasteiger partial charge in [0, 0.05) is 24.8 Å². The van der Waals surface area contributed by atoms with E-state index in [0.717, 1.165) is 43.5 Å². The van der Waals surface area contributed by atoms with E-state index in [-0.39, 0.29) is 11.7 Å². The summed E-state index contributed by atoms with van der Waals surface area (Å²) in [6.07, 6.45) is -1.55. The fourth-order valence-corrected chi connectivity index (χ4v) is 3.89. The number of hydrogen-bond acceptors (Lipinski definition) is 4. The monoisotopic (exact) mass is 426 g/mol. The molecule has 0 bridgehead atoms. The van der Waals surface area contributed by atoms with Gasteiger partial charge in [-0.3, -0.25) is 4.90 Å². The van der Waals surface area contributed by atoms with Crippen molar-refractivity contribution in [2.75, 3.05) is 39.2 Å². The average Bonchev–Trinajstić information content (AvgIpc) is 2.74. The van der Waals surface area contributed by atoms with Gasteiger partial charge in [-0.2, -0.15) is 13.2 Å². The largest absolute Gasteiger partial charge is 0.493 e. The molecule has 0 aliphatic carbocycles. The van der Waals surface area contributed by atoms with Crippen LogP contribution in [0.5, 0.6) is 11.5 Å². The SMILES string of the molecule is COc1ccc(C2CCCCN2CCNc2ccc(F)c(C(F)(F)F)c2)cc1OC. The number of nitrogens with zero attached hydrogens (tertiary/aromatic N) is 1. The van der Waals surface area contributed by atoms with Gasteiger partial charge in [-0.1, -0.05) is 12.5 Å². The number of methoxy groups -OCH3 is 2. The lowest BCUT2D eigenvalue weighted by Crippen LogP contribution is -2.36. The third-order valence-corrected chi connectivity index (χ3v) is 5.41. The molecule has 1 unspecified atom stereocenters. The van der Waals surface area contributed by atoms with E-state index in [4.69, 9.17) is 9.47 Å². The molecule has 3 rings (SSSR count). The molecule has 1 fully saturated rings. The smallest absolute Gasteiger partial charge is 0.419 e. The van der Waals surface area contributed by atoms with Crippen molar-refractivity contribution in [1.29, 1.82) is 0 Å². The van der Waals surface area contributed by atoms with E-state index in [2.05, 4.69) is 10.2 Å². The van der Waals surface area contributed by atoms with Crippen molar-refractivity contribution in [3.05, 3.63) is 53.3 Å². The number of alkyl halides is 3. The Bertz CT molecular complexity index is 858. The molecule has 2 aromatic carbocycles. The Morgan fingerprint density at radius 1 is 1.03 bits per heavy atom. The van der Waals surface area contributed by atoms with Crippen LogP contribution in [0.4, 0.5) is 23.2 Å². The summed E-state index contributed by atoms with van der Waals surface area (Å²) < 4.78 is 62.9. The van der Waals surface area contributed by atoms with Gasteiger partial charge >= 0.3 is 6.18 Å². The summed E-state index contributed by atoms with van der Waals surface area (Å²) in [7, 11) is 3.19. The number of rotatable bonds is 7. The van der Waals surface area contributed by atoms with Gasteiger partial charge < -0.3 is 14.8 Å². The van der Waals surface area contributed by atoms with Crippen molar-refractivity contribution >= 4 is 5.69 Å². The van der Waals surface area contributed by atoms with Gasteiger partial charge in [-0.15, -0.1) is 0 Å². The molecule has 30 heavy (non-hydrogen) atoms. The maximum Gasteiger partial charge on any atom is 0.419 e. The highest BCUT2D eigenvalue weighted by Crippen LogP contribution is 2.36. The number of ether oxygens (including phenoxy) is 2. The van der Waals surface area contributed by atoms with Crippen molar-refractivity contribution in [1.82, 2.24) is 4.90 Å². The van der Waals surface area contributed by atoms with E-state index < -0.39 is 17.6 Å². The number of anilines is 1. The van der Waals surface area contributed by atoms with E-state index in [1.807, 2.05) is 18.2 Å². The Kier molecular flexibility index (Phi) is 7.07. The van der Waals surface area contributed by atoms with Gasteiger partial charge in [0.15, 0.2) is 11.5 Å². The lowest BCUT2D eigenvalue weighted by Gasteiger charge is -2.36. The molecule has 164 valence electrons. The van der Waals surface area contributed by atoms with E-state index in [9.17, 15) is 17.6 Å². The fraction of sp³-hybridized carbons (Fsp3) is 0.455. The zero-order valence-electron chi connectivity index (χ0n) is 17.1. The molecule has 1 aliphatic rings. The number of nitrogens with one attached hydrogen (secondary N) is 1. The summed E-state index contributed by atoms with van der Waals surface area (Å²) >= 11 is 0. The van der Waals surface area contributed by atoms with Gasteiger partial charge in [0.1, 0.15) is 5.82 Å². The average molecular weight is 426 g/mol. The standard InChI is InChI=1S/C22H26F4N2O2/c1-29-20-9-6-15(13-21(20)30-2)19-5-3-4-11-28(19)12-10-27-16-7-8-18(23)17(14-16)22(24,25)26/h6-9,13-14,19,27H,3-5,10-12H2,1-2H3. The number of piperidine rings is 1. The number of likely N-dealkylation sites (tertiary alicyclic amines) is 1. The van der Waals surface area contributed by atoms with Crippen LogP contribution in [0.3, 0.4) is 0 Å². The predicted octanol–water partition coefficient (Wildman–Crippen LogP) is 5.50. The maximum atomic E-state index is 13.5. The summed E-state index contributed by atoms with van der Waals surface area (Å²) in [5, 5.41) is 2.99. The first-order valence-corrected chi connectivity index (χ1v) is 9.90. The highest BCUT2D eigenvalue weighted by molar-refractivity contribution is 5.47. The molecule has 0 radical (unpaired) electrons. The zero-order valence-corrected chi connectivity index (χ0v) is 17.1. The van der Waals surface area contributed by atoms with Gasteiger partial charge in [-0.25, -0.2) is 4.39 Å². The summed E-state index contributed by atoms with van der Waals surface area (Å²) in [5.41, 5.74) is 0.116. The molecule has 2 aromatic rings. The molecule has 1 saturated heterocycles. The minimum Gasteiger partial charge on any atom is -0.493 e. The molecular weight excluding hydrogens is 400 g/mol. The molecule has 0 aromatic heterocycles. The maximum absolute atomic E-state index is 13.5. The van der Waals surface area contributed by atoms with Crippen LogP contribution in [-0.4, -0.2) is 38.8 Å². The Balaban J connectivity index is 1.67. The molecule has 1 aliphatic heterocycles. The van der Waals surface area contributed by atoms with E-state index in [1.54, 1.807) is 14.2 Å². The first kappa shape index (κ1) is 22.2. The van der Waals surface area contributed by atoms with Crippen LogP contribution < -0.4 is 14.8 Å². The van der Waals surface area contributed by atoms with Gasteiger partial charge in [0.25, 0.3) is 0 Å². The minimum atomic E-state index is -4.72. The van der Waals surface area contributed by atoms with Gasteiger partial charge in [0.2, 0.25) is 0 Å². The highest BCUT2D eigenvalue weighted by Gasteiger charge is 2.34. The minimum absolute atomic E-state index is 0.194. The zero-order chi connectivity index (χ0) is 21.7. The van der Waals surface area contributed by atoms with Crippen LogP contribution in [0.25, 0.3) is 0 Å². The van der Waals surface area contributed by atoms with E-state index >= 15 is 0 Å². The Morgan fingerprint density at radius 3 is 2.50 bits per heavy atom. The van der Waals surface area contributed by atoms with Crippen molar-refractivity contribution in [3.63, 3.8) is 0 Å². The van der Waals surface area contributed by atoms with Crippen LogP contribution in [0, 0.1) is 5.82 Å². The number of halogens is 4. The van der Waals surface area contributed by atoms with Crippen LogP contribution in [0.15, 0.2) is 36.4 Å². The second-order valence-electron chi connectivity index (χ2n) is 7.28. The normalized spacial score (nSPS) is 17.6. The lowest BCUT2D eigenvalue weighted by atomic mass is 9.95. The first-order chi connectivity index (χ1) is 14.3. The van der Waals surface area contributed by atoms with E-state index in [1.165, 1.54) is 6.07 Å². The number of hydrogen-bond donors (Lipinski definition) is 1. The molecule has 8 heteroatoms. The summed E-state index contributed by atoms with van der Waals surface area (Å²) in [4.78, 5) is 2.31. The molecule has 4 nitrogen and oxygen atoms in total. The summed E-state index contributed by atoms with van der Waals surface area (Å²) in [5.74, 6) is 0.0734. The molecule has 1 N–H and O–H groups in total. The van der Waals surface area contributed by atoms with Crippen molar-refractivity contribution in [2.45, 2.75) is 31.5 Å². The first-order valence-electron chi connectivity index (χ1n) is 9.90. The second-order valence-corrected chi connectivity index (χ2v) is 7.28. The second kappa shape index (κ2) is 9.55. The quantitative estimate of drug-likeness (QED) is 0.593. The third-order valence-electron chi connectivity index (χ3n) is 5.41. The van der Waals surface area contributed by atoms with Gasteiger partial charge in [0.05, 0.1) is 19.8 Å². The summed E-state index contributed by atoms with van der Waals surface area (Å²) in [6.45, 7) is 2.00. The highest BCUT2D eigenvalue weighted by atomic mass is 19.4. The Morgan fingerprint density at radius 2 is 1.80 bits per heavy atom. The molecule has 0 spiro atoms. The number of benzene rings is 2. The van der Waals surface area contributed by atoms with Crippen LogP contribution in [-0.2, 0) is 6.18 Å². The third kappa shape index (κ3) is 5.16. The van der Waals surface area contributed by atoms with Crippen molar-refractivity contribution in [2.24, 2.45) is 0 Å². The molecule has 0 amide bonds. The predicted molar refractivity (Wildman–Crippen MR) is 108 cm³/mol. The van der Waals surface area contributed by atoms with Crippen LogP contribution >= 0.6 is 0 Å². The molecule has 0 saturated carbocycles. The lowest BCUT2D eigenvalue weighted by molar-refractivity contribution is -0.139. The van der Waals surface area contributed by atoms with Crippen LogP contribution in [0.2, 0.25) is 0 Å². The molecule has 1 atom stereocenters. The Labute approximate surface area is 173 Å². The van der Waals surface area contributed by atoms with Crippen molar-refractivity contribution in [3.8, 4) is 11.5 Å². The molecular formula is C22H26F4N2O2. The summed E-state index contributed by atoms with van der Waals surface area (Å²) in [6, 6.07) is 9.07. The Hall–Kier alpha value is -2.48. The van der Waals surface area contributed by atoms with Gasteiger partial charge in [-0.05, 0) is 55.3 Å². The topological polar surface area (TPSA) is 33.7 Å².